The SMILES string of the molecule is CO[C@H]1CN(C(=O)c2ccc(Cn3ccnc3)o2)CC[C@H]1N. The maximum atomic E-state index is 12.5. The minimum Gasteiger partial charge on any atom is -0.454 e. The van der Waals surface area contributed by atoms with Crippen molar-refractivity contribution in [3.63, 3.8) is 0 Å². The second-order valence-electron chi connectivity index (χ2n) is 5.48. The number of piperidine rings is 1. The highest BCUT2D eigenvalue weighted by Gasteiger charge is 2.30. The van der Waals surface area contributed by atoms with E-state index in [9.17, 15) is 4.79 Å². The predicted octanol–water partition coefficient (Wildman–Crippen LogP) is 0.713. The first-order valence-corrected chi connectivity index (χ1v) is 7.29. The van der Waals surface area contributed by atoms with E-state index in [-0.39, 0.29) is 18.1 Å². The van der Waals surface area contributed by atoms with E-state index in [2.05, 4.69) is 4.98 Å². The van der Waals surface area contributed by atoms with E-state index in [4.69, 9.17) is 14.9 Å². The molecule has 3 rings (SSSR count). The molecular formula is C15H20N4O3. The van der Waals surface area contributed by atoms with Crippen LogP contribution in [-0.4, -0.2) is 52.7 Å². The van der Waals surface area contributed by atoms with Gasteiger partial charge >= 0.3 is 0 Å². The summed E-state index contributed by atoms with van der Waals surface area (Å²) in [6, 6.07) is 3.50. The van der Waals surface area contributed by atoms with Gasteiger partial charge in [-0.25, -0.2) is 4.98 Å². The van der Waals surface area contributed by atoms with E-state index in [0.29, 0.717) is 25.4 Å². The Balaban J connectivity index is 1.66. The zero-order valence-electron chi connectivity index (χ0n) is 12.5. The molecule has 22 heavy (non-hydrogen) atoms. The van der Waals surface area contributed by atoms with Crippen molar-refractivity contribution in [2.24, 2.45) is 5.73 Å². The molecule has 0 radical (unpaired) electrons. The molecule has 1 fully saturated rings. The molecule has 0 aromatic carbocycles. The molecule has 0 saturated carbocycles. The second kappa shape index (κ2) is 6.33. The molecule has 2 aromatic rings. The van der Waals surface area contributed by atoms with Crippen LogP contribution in [0, 0.1) is 0 Å². The van der Waals surface area contributed by atoms with Crippen molar-refractivity contribution in [1.82, 2.24) is 14.5 Å². The first-order chi connectivity index (χ1) is 10.7. The number of rotatable bonds is 4. The summed E-state index contributed by atoms with van der Waals surface area (Å²) >= 11 is 0. The lowest BCUT2D eigenvalue weighted by molar-refractivity contribution is 0.0147. The number of carbonyl (C=O) groups excluding carboxylic acids is 1. The second-order valence-corrected chi connectivity index (χ2v) is 5.48. The molecule has 118 valence electrons. The molecule has 1 amide bonds. The van der Waals surface area contributed by atoms with Gasteiger partial charge in [0, 0.05) is 38.6 Å². The van der Waals surface area contributed by atoms with Crippen LogP contribution >= 0.6 is 0 Å². The van der Waals surface area contributed by atoms with E-state index in [0.717, 1.165) is 12.2 Å². The Kier molecular flexibility index (Phi) is 4.26. The van der Waals surface area contributed by atoms with Gasteiger partial charge in [0.1, 0.15) is 5.76 Å². The largest absolute Gasteiger partial charge is 0.454 e. The molecule has 2 aromatic heterocycles. The van der Waals surface area contributed by atoms with Crippen LogP contribution in [-0.2, 0) is 11.3 Å². The van der Waals surface area contributed by atoms with Crippen molar-refractivity contribution in [1.29, 1.82) is 0 Å². The lowest BCUT2D eigenvalue weighted by Crippen LogP contribution is -2.53. The van der Waals surface area contributed by atoms with Crippen LogP contribution < -0.4 is 5.73 Å². The summed E-state index contributed by atoms with van der Waals surface area (Å²) in [7, 11) is 1.62. The van der Waals surface area contributed by atoms with Gasteiger partial charge in [-0.3, -0.25) is 4.79 Å². The minimum absolute atomic E-state index is 0.0255. The van der Waals surface area contributed by atoms with Crippen LogP contribution in [0.5, 0.6) is 0 Å². The molecule has 7 nitrogen and oxygen atoms in total. The number of likely N-dealkylation sites (tertiary alicyclic amines) is 1. The number of carbonyl (C=O) groups is 1. The molecular weight excluding hydrogens is 284 g/mol. The van der Waals surface area contributed by atoms with E-state index >= 15 is 0 Å². The number of amides is 1. The Morgan fingerprint density at radius 3 is 3.14 bits per heavy atom. The number of furan rings is 1. The van der Waals surface area contributed by atoms with Crippen molar-refractivity contribution in [2.75, 3.05) is 20.2 Å². The molecule has 0 bridgehead atoms. The number of hydrogen-bond acceptors (Lipinski definition) is 5. The summed E-state index contributed by atoms with van der Waals surface area (Å²) < 4.78 is 12.9. The number of ether oxygens (including phenoxy) is 1. The maximum absolute atomic E-state index is 12.5. The Morgan fingerprint density at radius 2 is 2.41 bits per heavy atom. The fourth-order valence-corrected chi connectivity index (χ4v) is 2.66. The highest BCUT2D eigenvalue weighted by atomic mass is 16.5. The molecule has 1 aliphatic heterocycles. The maximum Gasteiger partial charge on any atom is 0.289 e. The first kappa shape index (κ1) is 14.8. The Bertz CT molecular complexity index is 623. The Hall–Kier alpha value is -2.12. The van der Waals surface area contributed by atoms with Crippen LogP contribution in [0.25, 0.3) is 0 Å². The summed E-state index contributed by atoms with van der Waals surface area (Å²) in [5, 5.41) is 0. The predicted molar refractivity (Wildman–Crippen MR) is 79.3 cm³/mol. The topological polar surface area (TPSA) is 86.5 Å². The summed E-state index contributed by atoms with van der Waals surface area (Å²) in [4.78, 5) is 18.2. The van der Waals surface area contributed by atoms with Crippen molar-refractivity contribution >= 4 is 5.91 Å². The van der Waals surface area contributed by atoms with Gasteiger partial charge in [0.25, 0.3) is 5.91 Å². The fourth-order valence-electron chi connectivity index (χ4n) is 2.66. The highest BCUT2D eigenvalue weighted by molar-refractivity contribution is 5.91. The smallest absolute Gasteiger partial charge is 0.289 e. The third-order valence-corrected chi connectivity index (χ3v) is 3.97. The zero-order chi connectivity index (χ0) is 15.5. The van der Waals surface area contributed by atoms with Crippen molar-refractivity contribution in [2.45, 2.75) is 25.1 Å². The number of imidazole rings is 1. The van der Waals surface area contributed by atoms with E-state index in [1.54, 1.807) is 30.6 Å². The molecule has 0 unspecified atom stereocenters. The van der Waals surface area contributed by atoms with Crippen LogP contribution in [0.3, 0.4) is 0 Å². The highest BCUT2D eigenvalue weighted by Crippen LogP contribution is 2.17. The number of methoxy groups -OCH3 is 1. The average molecular weight is 304 g/mol. The Morgan fingerprint density at radius 1 is 1.55 bits per heavy atom. The summed E-state index contributed by atoms with van der Waals surface area (Å²) in [5.41, 5.74) is 5.98. The standard InChI is InChI=1S/C15H20N4O3/c1-21-14-9-19(6-4-12(14)16)15(20)13-3-2-11(22-13)8-18-7-5-17-10-18/h2-3,5,7,10,12,14H,4,6,8-9,16H2,1H3/t12-,14+/m1/s1. The van der Waals surface area contributed by atoms with Crippen LogP contribution in [0.4, 0.5) is 0 Å². The Labute approximate surface area is 128 Å². The van der Waals surface area contributed by atoms with Crippen molar-refractivity contribution in [3.8, 4) is 0 Å². The molecule has 1 saturated heterocycles. The number of aromatic nitrogens is 2. The van der Waals surface area contributed by atoms with E-state index in [1.807, 2.05) is 16.8 Å². The average Bonchev–Trinajstić information content (AvgIpc) is 3.19. The van der Waals surface area contributed by atoms with Crippen LogP contribution in [0.1, 0.15) is 22.7 Å². The molecule has 7 heteroatoms. The zero-order valence-corrected chi connectivity index (χ0v) is 12.5. The van der Waals surface area contributed by atoms with Gasteiger partial charge in [-0.05, 0) is 18.6 Å². The van der Waals surface area contributed by atoms with Crippen molar-refractivity contribution in [3.05, 3.63) is 42.4 Å². The lowest BCUT2D eigenvalue weighted by Gasteiger charge is -2.35. The lowest BCUT2D eigenvalue weighted by atomic mass is 10.0. The molecule has 0 aliphatic carbocycles. The van der Waals surface area contributed by atoms with Crippen LogP contribution in [0.2, 0.25) is 0 Å². The third-order valence-electron chi connectivity index (χ3n) is 3.97. The van der Waals surface area contributed by atoms with Gasteiger partial charge in [0.2, 0.25) is 0 Å². The monoisotopic (exact) mass is 304 g/mol. The quantitative estimate of drug-likeness (QED) is 0.899. The number of hydrogen-bond donors (Lipinski definition) is 1. The normalized spacial score (nSPS) is 22.0. The van der Waals surface area contributed by atoms with Gasteiger partial charge in [0.05, 0.1) is 19.0 Å². The minimum atomic E-state index is -0.127. The van der Waals surface area contributed by atoms with E-state index in [1.165, 1.54) is 0 Å². The number of nitrogens with two attached hydrogens (primary N) is 1. The molecule has 2 atom stereocenters. The third kappa shape index (κ3) is 3.05. The molecule has 1 aliphatic rings. The van der Waals surface area contributed by atoms with Gasteiger partial charge in [-0.1, -0.05) is 0 Å². The fraction of sp³-hybridized carbons (Fsp3) is 0.467. The van der Waals surface area contributed by atoms with Crippen molar-refractivity contribution < 1.29 is 13.9 Å². The van der Waals surface area contributed by atoms with Gasteiger partial charge < -0.3 is 24.4 Å². The summed E-state index contributed by atoms with van der Waals surface area (Å²) in [5.74, 6) is 0.949. The summed E-state index contributed by atoms with van der Waals surface area (Å²) in [6.45, 7) is 1.67. The molecule has 3 heterocycles. The van der Waals surface area contributed by atoms with Gasteiger partial charge in [-0.15, -0.1) is 0 Å². The van der Waals surface area contributed by atoms with Crippen LogP contribution in [0.15, 0.2) is 35.3 Å². The molecule has 2 N–H and O–H groups in total. The van der Waals surface area contributed by atoms with E-state index < -0.39 is 0 Å². The van der Waals surface area contributed by atoms with Gasteiger partial charge in [-0.2, -0.15) is 0 Å². The molecule has 0 spiro atoms. The first-order valence-electron chi connectivity index (χ1n) is 7.29. The number of nitrogens with zero attached hydrogens (tertiary/aromatic N) is 3. The van der Waals surface area contributed by atoms with Gasteiger partial charge in [0.15, 0.2) is 5.76 Å². The summed E-state index contributed by atoms with van der Waals surface area (Å²) in [6.07, 6.45) is 5.86.